The van der Waals surface area contributed by atoms with E-state index < -0.39 is 18.3 Å². The lowest BCUT2D eigenvalue weighted by Crippen LogP contribution is -2.38. The number of aromatic hydroxyl groups is 6. The van der Waals surface area contributed by atoms with Crippen LogP contribution in [0.15, 0.2) is 54.6 Å². The maximum atomic E-state index is 10.1. The molecule has 12 N–H and O–H groups in total. The van der Waals surface area contributed by atoms with E-state index in [1.54, 1.807) is 18.2 Å². The van der Waals surface area contributed by atoms with Gasteiger partial charge in [0.05, 0.1) is 18.3 Å². The van der Waals surface area contributed by atoms with Crippen molar-refractivity contribution in [3.63, 3.8) is 0 Å². The van der Waals surface area contributed by atoms with Gasteiger partial charge in [-0.3, -0.25) is 0 Å². The number of phenolic OH excluding ortho intramolecular Hbond substituents is 6. The lowest BCUT2D eigenvalue weighted by Gasteiger charge is -2.28. The van der Waals surface area contributed by atoms with Gasteiger partial charge in [-0.1, -0.05) is 37.5 Å². The molecule has 0 spiro atoms. The molecule has 1 fully saturated rings. The number of hydrogen-bond donors (Lipinski definition) is 12. The molecule has 1 aliphatic heterocycles. The molecule has 0 aliphatic carbocycles. The molecule has 4 atom stereocenters. The van der Waals surface area contributed by atoms with E-state index in [9.17, 15) is 46.0 Å². The van der Waals surface area contributed by atoms with Gasteiger partial charge >= 0.3 is 0 Å². The third-order valence-electron chi connectivity index (χ3n) is 7.97. The highest BCUT2D eigenvalue weighted by Crippen LogP contribution is 2.31. The lowest BCUT2D eigenvalue weighted by molar-refractivity contribution is 0.113. The molecule has 0 aromatic heterocycles. The van der Waals surface area contributed by atoms with Crippen molar-refractivity contribution < 1.29 is 46.0 Å². The van der Waals surface area contributed by atoms with Crippen LogP contribution in [0.25, 0.3) is 0 Å². The number of phenols is 6. The molecule has 2 unspecified atom stereocenters. The number of aliphatic hydroxyl groups excluding tert-OH is 3. The zero-order chi connectivity index (χ0) is 33.5. The van der Waals surface area contributed by atoms with Crippen LogP contribution in [0.4, 0.5) is 0 Å². The Labute approximate surface area is 269 Å². The molecular weight excluding hydrogens is 594 g/mol. The zero-order valence-electron chi connectivity index (χ0n) is 26.0. The van der Waals surface area contributed by atoms with E-state index in [-0.39, 0.29) is 40.5 Å². The van der Waals surface area contributed by atoms with Gasteiger partial charge in [0.1, 0.15) is 0 Å². The van der Waals surface area contributed by atoms with Crippen LogP contribution >= 0.6 is 0 Å². The summed E-state index contributed by atoms with van der Waals surface area (Å²) in [6.07, 6.45) is 5.09. The summed E-state index contributed by atoms with van der Waals surface area (Å²) in [5.74, 6) is -1.24. The van der Waals surface area contributed by atoms with Crippen LogP contribution in [0, 0.1) is 0 Å². The molecule has 1 heterocycles. The van der Waals surface area contributed by atoms with Gasteiger partial charge in [0.2, 0.25) is 0 Å². The number of benzene rings is 3. The molecule has 0 saturated carbocycles. The van der Waals surface area contributed by atoms with Crippen molar-refractivity contribution in [1.29, 1.82) is 0 Å². The first-order valence-corrected chi connectivity index (χ1v) is 15.8. The monoisotopic (exact) mass is 643 g/mol. The van der Waals surface area contributed by atoms with Gasteiger partial charge < -0.3 is 61.9 Å². The van der Waals surface area contributed by atoms with Crippen molar-refractivity contribution >= 4 is 0 Å². The lowest BCUT2D eigenvalue weighted by atomic mass is 9.95. The minimum absolute atomic E-state index is 0.0395. The Morgan fingerprint density at radius 1 is 0.565 bits per heavy atom. The number of unbranched alkanes of at least 4 members (excludes halogenated alkanes) is 3. The fourth-order valence-corrected chi connectivity index (χ4v) is 5.17. The third kappa shape index (κ3) is 11.9. The van der Waals surface area contributed by atoms with E-state index in [2.05, 4.69) is 16.0 Å². The number of piperidine rings is 1. The largest absolute Gasteiger partial charge is 0.504 e. The average molecular weight is 644 g/mol. The summed E-state index contributed by atoms with van der Waals surface area (Å²) in [7, 11) is 0. The highest BCUT2D eigenvalue weighted by molar-refractivity contribution is 5.43. The Morgan fingerprint density at radius 3 is 1.41 bits per heavy atom. The van der Waals surface area contributed by atoms with Gasteiger partial charge in [-0.05, 0) is 98.4 Å². The molecule has 3 aromatic rings. The maximum Gasteiger partial charge on any atom is 0.157 e. The second kappa shape index (κ2) is 19.0. The molecule has 4 rings (SSSR count). The fraction of sp³-hybridized carbons (Fsp3) is 0.471. The van der Waals surface area contributed by atoms with Crippen molar-refractivity contribution in [3.8, 4) is 34.5 Å². The summed E-state index contributed by atoms with van der Waals surface area (Å²) in [5, 5.41) is 96.0. The second-order valence-electron chi connectivity index (χ2n) is 11.6. The molecule has 46 heavy (non-hydrogen) atoms. The van der Waals surface area contributed by atoms with Gasteiger partial charge in [-0.25, -0.2) is 0 Å². The normalized spacial score (nSPS) is 16.6. The molecular formula is C34H49N3O9. The Balaban J connectivity index is 0.000000300. The molecule has 0 radical (unpaired) electrons. The minimum Gasteiger partial charge on any atom is -0.504 e. The van der Waals surface area contributed by atoms with Gasteiger partial charge in [0.15, 0.2) is 34.5 Å². The highest BCUT2D eigenvalue weighted by Gasteiger charge is 2.23. The minimum atomic E-state index is -0.748. The van der Waals surface area contributed by atoms with Crippen molar-refractivity contribution in [3.05, 3.63) is 71.3 Å². The van der Waals surface area contributed by atoms with Crippen LogP contribution in [0.3, 0.4) is 0 Å². The summed E-state index contributed by atoms with van der Waals surface area (Å²) >= 11 is 0. The molecule has 1 aliphatic rings. The van der Waals surface area contributed by atoms with Gasteiger partial charge in [-0.15, -0.1) is 0 Å². The zero-order valence-corrected chi connectivity index (χ0v) is 26.0. The SMILES string of the molecule is Oc1ccc(C(O)CNCCCCCCNCC(O)c2ccc(O)c(O)c2)cc1O.Oc1ccc([C@H](O)[C@H]2CCCCN2)cc1O. The molecule has 0 bridgehead atoms. The van der Waals surface area contributed by atoms with E-state index in [1.165, 1.54) is 36.4 Å². The van der Waals surface area contributed by atoms with Crippen LogP contribution in [0.1, 0.15) is 79.9 Å². The van der Waals surface area contributed by atoms with Gasteiger partial charge in [0, 0.05) is 19.1 Å². The van der Waals surface area contributed by atoms with E-state index in [0.717, 1.165) is 64.6 Å². The first kappa shape index (κ1) is 36.7. The van der Waals surface area contributed by atoms with Crippen LogP contribution < -0.4 is 16.0 Å². The van der Waals surface area contributed by atoms with Crippen molar-refractivity contribution in [2.24, 2.45) is 0 Å². The Morgan fingerprint density at radius 2 is 1.00 bits per heavy atom. The van der Waals surface area contributed by atoms with E-state index >= 15 is 0 Å². The molecule has 0 amide bonds. The summed E-state index contributed by atoms with van der Waals surface area (Å²) in [6.45, 7) is 3.22. The Kier molecular flexibility index (Phi) is 15.2. The first-order valence-electron chi connectivity index (χ1n) is 15.8. The van der Waals surface area contributed by atoms with E-state index in [0.29, 0.717) is 29.8 Å². The van der Waals surface area contributed by atoms with Crippen LogP contribution in [0.2, 0.25) is 0 Å². The Bertz CT molecular complexity index is 1270. The first-order chi connectivity index (χ1) is 22.1. The summed E-state index contributed by atoms with van der Waals surface area (Å²) in [6, 6.07) is 13.1. The van der Waals surface area contributed by atoms with Crippen LogP contribution in [-0.4, -0.2) is 84.7 Å². The number of rotatable bonds is 15. The summed E-state index contributed by atoms with van der Waals surface area (Å²) < 4.78 is 0. The third-order valence-corrected chi connectivity index (χ3v) is 7.97. The smallest absolute Gasteiger partial charge is 0.157 e. The van der Waals surface area contributed by atoms with Crippen LogP contribution in [-0.2, 0) is 0 Å². The number of nitrogens with one attached hydrogen (secondary N) is 3. The van der Waals surface area contributed by atoms with Crippen molar-refractivity contribution in [2.45, 2.75) is 69.3 Å². The summed E-state index contributed by atoms with van der Waals surface area (Å²) in [5.41, 5.74) is 1.73. The predicted molar refractivity (Wildman–Crippen MR) is 174 cm³/mol. The van der Waals surface area contributed by atoms with E-state index in [1.807, 2.05) is 0 Å². The van der Waals surface area contributed by atoms with Crippen molar-refractivity contribution in [2.75, 3.05) is 32.7 Å². The molecule has 3 aromatic carbocycles. The molecule has 12 heteroatoms. The molecule has 1 saturated heterocycles. The fourth-order valence-electron chi connectivity index (χ4n) is 5.17. The van der Waals surface area contributed by atoms with Crippen LogP contribution in [0.5, 0.6) is 34.5 Å². The van der Waals surface area contributed by atoms with Crippen molar-refractivity contribution in [1.82, 2.24) is 16.0 Å². The van der Waals surface area contributed by atoms with E-state index in [4.69, 9.17) is 0 Å². The van der Waals surface area contributed by atoms with Gasteiger partial charge in [-0.2, -0.15) is 0 Å². The van der Waals surface area contributed by atoms with Gasteiger partial charge in [0.25, 0.3) is 0 Å². The average Bonchev–Trinajstić information content (AvgIpc) is 3.06. The second-order valence-corrected chi connectivity index (χ2v) is 11.6. The number of hydrogen-bond acceptors (Lipinski definition) is 12. The predicted octanol–water partition coefficient (Wildman–Crippen LogP) is 3.29. The molecule has 12 nitrogen and oxygen atoms in total. The quantitative estimate of drug-likeness (QED) is 0.0848. The standard InChI is InChI=1S/C22H32N2O6.C12H17NO3/c25-17-7-5-15(11-19(17)27)21(29)13-23-9-3-1-2-4-10-24-14-22(30)16-6-8-18(26)20(28)12-16;14-10-5-4-8(7-11(10)15)12(16)9-3-1-2-6-13-9/h5-8,11-12,21-30H,1-4,9-10,13-14H2;4-5,7,9,12-16H,1-3,6H2/t;9-,12+/m.1/s1. The maximum absolute atomic E-state index is 10.1. The summed E-state index contributed by atoms with van der Waals surface area (Å²) in [4.78, 5) is 0. The highest BCUT2D eigenvalue weighted by atomic mass is 16.3. The number of aliphatic hydroxyl groups is 3. The Hall–Kier alpha value is -3.78. The molecule has 254 valence electrons. The topological polar surface area (TPSA) is 218 Å².